The zero-order valence-corrected chi connectivity index (χ0v) is 18.2. The van der Waals surface area contributed by atoms with Crippen LogP contribution >= 0.6 is 11.6 Å². The lowest BCUT2D eigenvalue weighted by Crippen LogP contribution is -2.44. The number of likely N-dealkylation sites (tertiary alicyclic amines) is 1. The van der Waals surface area contributed by atoms with Crippen molar-refractivity contribution in [2.24, 2.45) is 0 Å². The molecule has 1 heterocycles. The SMILES string of the molecule is O=C(OCc1ccccc1)N1CC(F)C(OS(=O)(=O)C(F)(F)F)[C@@H]1Cc1cccc(Cl)c1F. The molecule has 1 fully saturated rings. The minimum atomic E-state index is -6.20. The molecule has 3 atom stereocenters. The molecule has 1 aliphatic rings. The van der Waals surface area contributed by atoms with Crippen molar-refractivity contribution in [2.45, 2.75) is 36.9 Å². The zero-order valence-electron chi connectivity index (χ0n) is 16.6. The maximum absolute atomic E-state index is 14.7. The number of halogens is 6. The number of alkyl halides is 4. The third-order valence-electron chi connectivity index (χ3n) is 4.93. The average molecular weight is 514 g/mol. The van der Waals surface area contributed by atoms with Crippen LogP contribution in [0, 0.1) is 5.82 Å². The predicted octanol–water partition coefficient (Wildman–Crippen LogP) is 4.62. The van der Waals surface area contributed by atoms with Crippen molar-refractivity contribution in [3.63, 3.8) is 0 Å². The van der Waals surface area contributed by atoms with Crippen molar-refractivity contribution in [3.05, 3.63) is 70.5 Å². The van der Waals surface area contributed by atoms with Gasteiger partial charge in [0.25, 0.3) is 0 Å². The molecule has 180 valence electrons. The normalized spacial score (nSPS) is 21.3. The molecular weight excluding hydrogens is 497 g/mol. The number of hydrogen-bond donors (Lipinski definition) is 0. The Hall–Kier alpha value is -2.44. The van der Waals surface area contributed by atoms with E-state index in [4.69, 9.17) is 16.3 Å². The van der Waals surface area contributed by atoms with Crippen LogP contribution in [0.2, 0.25) is 5.02 Å². The average Bonchev–Trinajstić information content (AvgIpc) is 3.04. The van der Waals surface area contributed by atoms with Crippen molar-refractivity contribution in [3.8, 4) is 0 Å². The summed E-state index contributed by atoms with van der Waals surface area (Å²) in [5, 5.41) is -0.319. The van der Waals surface area contributed by atoms with Crippen LogP contribution in [0.3, 0.4) is 0 Å². The summed E-state index contributed by atoms with van der Waals surface area (Å²) >= 11 is 5.72. The number of benzene rings is 2. The van der Waals surface area contributed by atoms with E-state index in [0.29, 0.717) is 10.5 Å². The van der Waals surface area contributed by atoms with E-state index in [2.05, 4.69) is 4.18 Å². The van der Waals surface area contributed by atoms with Crippen molar-refractivity contribution in [1.82, 2.24) is 4.90 Å². The Balaban J connectivity index is 1.88. The lowest BCUT2D eigenvalue weighted by molar-refractivity contribution is -0.0602. The summed E-state index contributed by atoms with van der Waals surface area (Å²) in [5.74, 6) is -0.948. The van der Waals surface area contributed by atoms with Gasteiger partial charge in [0, 0.05) is 0 Å². The minimum Gasteiger partial charge on any atom is -0.445 e. The Morgan fingerprint density at radius 2 is 1.79 bits per heavy atom. The molecule has 13 heteroatoms. The van der Waals surface area contributed by atoms with Gasteiger partial charge in [-0.15, -0.1) is 0 Å². The summed E-state index contributed by atoms with van der Waals surface area (Å²) in [6, 6.07) is 10.5. The molecule has 2 aromatic carbocycles. The molecule has 1 aliphatic heterocycles. The molecule has 1 amide bonds. The molecule has 6 nitrogen and oxygen atoms in total. The fourth-order valence-corrected chi connectivity index (χ4v) is 4.19. The number of ether oxygens (including phenoxy) is 1. The Kier molecular flexibility index (Phi) is 7.49. The topological polar surface area (TPSA) is 72.9 Å². The summed E-state index contributed by atoms with van der Waals surface area (Å²) in [6.07, 6.45) is -6.28. The second-order valence-corrected chi connectivity index (χ2v) is 9.12. The highest BCUT2D eigenvalue weighted by Crippen LogP contribution is 2.34. The summed E-state index contributed by atoms with van der Waals surface area (Å²) in [6.45, 7) is -1.06. The monoisotopic (exact) mass is 513 g/mol. The highest BCUT2D eigenvalue weighted by atomic mass is 35.5. The molecular formula is C20H17ClF5NO5S. The smallest absolute Gasteiger partial charge is 0.445 e. The maximum atomic E-state index is 14.7. The lowest BCUT2D eigenvalue weighted by Gasteiger charge is -2.27. The van der Waals surface area contributed by atoms with Gasteiger partial charge in [-0.3, -0.25) is 9.08 Å². The Labute approximate surface area is 191 Å². The Morgan fingerprint density at radius 1 is 1.12 bits per heavy atom. The standard InChI is InChI=1S/C20H17ClF5NO5S/c21-14-8-4-7-13(17(14)23)9-16-18(32-33(29,30)20(24,25)26)15(22)10-27(16)19(28)31-11-12-5-2-1-3-6-12/h1-8,15-16,18H,9-11H2/t15?,16-,18?/m0/s1. The van der Waals surface area contributed by atoms with E-state index in [9.17, 15) is 35.2 Å². The lowest BCUT2D eigenvalue weighted by atomic mass is 10.0. The molecule has 2 aromatic rings. The first kappa shape index (κ1) is 25.2. The molecule has 0 radical (unpaired) electrons. The first-order chi connectivity index (χ1) is 15.4. The molecule has 3 rings (SSSR count). The second-order valence-electron chi connectivity index (χ2n) is 7.15. The van der Waals surface area contributed by atoms with Gasteiger partial charge in [0.05, 0.1) is 17.6 Å². The quantitative estimate of drug-likeness (QED) is 0.320. The largest absolute Gasteiger partial charge is 0.523 e. The van der Waals surface area contributed by atoms with Crippen molar-refractivity contribution < 1.29 is 44.1 Å². The molecule has 0 aliphatic carbocycles. The van der Waals surface area contributed by atoms with Crippen LogP contribution in [-0.4, -0.2) is 49.8 Å². The van der Waals surface area contributed by atoms with Crippen molar-refractivity contribution >= 4 is 27.8 Å². The third kappa shape index (κ3) is 5.74. The van der Waals surface area contributed by atoms with E-state index in [0.717, 1.165) is 0 Å². The van der Waals surface area contributed by atoms with Gasteiger partial charge in [0.2, 0.25) is 0 Å². The molecule has 2 unspecified atom stereocenters. The van der Waals surface area contributed by atoms with E-state index >= 15 is 0 Å². The van der Waals surface area contributed by atoms with E-state index in [-0.39, 0.29) is 17.2 Å². The number of amides is 1. The molecule has 1 saturated heterocycles. The van der Waals surface area contributed by atoms with Crippen LogP contribution in [0.15, 0.2) is 48.5 Å². The van der Waals surface area contributed by atoms with Crippen LogP contribution in [-0.2, 0) is 32.1 Å². The highest BCUT2D eigenvalue weighted by Gasteiger charge is 2.54. The van der Waals surface area contributed by atoms with Gasteiger partial charge < -0.3 is 4.74 Å². The highest BCUT2D eigenvalue weighted by molar-refractivity contribution is 7.87. The Morgan fingerprint density at radius 3 is 2.42 bits per heavy atom. The molecule has 33 heavy (non-hydrogen) atoms. The Bertz CT molecular complexity index is 1100. The van der Waals surface area contributed by atoms with Crippen molar-refractivity contribution in [1.29, 1.82) is 0 Å². The number of rotatable bonds is 6. The number of carbonyl (C=O) groups is 1. The van der Waals surface area contributed by atoms with Gasteiger partial charge in [-0.1, -0.05) is 54.1 Å². The predicted molar refractivity (Wildman–Crippen MR) is 107 cm³/mol. The van der Waals surface area contributed by atoms with Crippen molar-refractivity contribution in [2.75, 3.05) is 6.54 Å². The van der Waals surface area contributed by atoms with E-state index in [1.165, 1.54) is 18.2 Å². The first-order valence-electron chi connectivity index (χ1n) is 9.44. The molecule has 0 aromatic heterocycles. The zero-order chi connectivity index (χ0) is 24.4. The summed E-state index contributed by atoms with van der Waals surface area (Å²) in [7, 11) is -6.20. The van der Waals surface area contributed by atoms with Crippen LogP contribution < -0.4 is 0 Å². The van der Waals surface area contributed by atoms with Crippen LogP contribution in [0.1, 0.15) is 11.1 Å². The number of nitrogens with zero attached hydrogens (tertiary/aromatic N) is 1. The molecule has 0 spiro atoms. The fraction of sp³-hybridized carbons (Fsp3) is 0.350. The van der Waals surface area contributed by atoms with E-state index < -0.39 is 58.8 Å². The summed E-state index contributed by atoms with van der Waals surface area (Å²) in [5.41, 5.74) is -5.42. The van der Waals surface area contributed by atoms with E-state index in [1.54, 1.807) is 30.3 Å². The van der Waals surface area contributed by atoms with Crippen LogP contribution in [0.25, 0.3) is 0 Å². The van der Waals surface area contributed by atoms with Gasteiger partial charge in [0.1, 0.15) is 24.7 Å². The van der Waals surface area contributed by atoms with Gasteiger partial charge in [-0.05, 0) is 23.6 Å². The van der Waals surface area contributed by atoms with Crippen LogP contribution in [0.4, 0.5) is 26.7 Å². The second kappa shape index (κ2) is 9.82. The van der Waals surface area contributed by atoms with Gasteiger partial charge >= 0.3 is 21.7 Å². The van der Waals surface area contributed by atoms with Gasteiger partial charge in [-0.2, -0.15) is 21.6 Å². The minimum absolute atomic E-state index is 0.180. The molecule has 0 saturated carbocycles. The molecule has 0 bridgehead atoms. The third-order valence-corrected chi connectivity index (χ3v) is 6.26. The maximum Gasteiger partial charge on any atom is 0.523 e. The molecule has 0 N–H and O–H groups in total. The summed E-state index contributed by atoms with van der Waals surface area (Å²) < 4.78 is 99.9. The van der Waals surface area contributed by atoms with E-state index in [1.807, 2.05) is 0 Å². The number of carbonyl (C=O) groups excluding carboxylic acids is 1. The van der Waals surface area contributed by atoms with Gasteiger partial charge in [-0.25, -0.2) is 13.6 Å². The first-order valence-corrected chi connectivity index (χ1v) is 11.2. The van der Waals surface area contributed by atoms with Gasteiger partial charge in [0.15, 0.2) is 0 Å². The van der Waals surface area contributed by atoms with Crippen LogP contribution in [0.5, 0.6) is 0 Å². The fourth-order valence-electron chi connectivity index (χ4n) is 3.34. The number of hydrogen-bond acceptors (Lipinski definition) is 5. The summed E-state index contributed by atoms with van der Waals surface area (Å²) in [4.78, 5) is 13.3.